The van der Waals surface area contributed by atoms with Crippen LogP contribution in [0.5, 0.6) is 11.5 Å². The van der Waals surface area contributed by atoms with Gasteiger partial charge in [0, 0.05) is 52.2 Å². The van der Waals surface area contributed by atoms with E-state index < -0.39 is 17.6 Å². The molecular formula is C35H35BrN6O5. The number of nitrogens with one attached hydrogen (secondary N) is 2. The number of carbonyl (C=O) groups excluding carboxylic acids is 1. The molecule has 1 amide bonds. The average molecular weight is 700 g/mol. The number of halogens is 1. The summed E-state index contributed by atoms with van der Waals surface area (Å²) in [4.78, 5) is 22.6. The summed E-state index contributed by atoms with van der Waals surface area (Å²) in [6.07, 6.45) is 0.323. The number of carbonyl (C=O) groups is 1. The number of aliphatic imine (C=N–C) groups is 1. The summed E-state index contributed by atoms with van der Waals surface area (Å²) in [7, 11) is 1.63. The maximum absolute atomic E-state index is 14.5. The molecule has 1 aliphatic rings. The van der Waals surface area contributed by atoms with E-state index in [2.05, 4.69) is 36.8 Å². The molecule has 4 aromatic carbocycles. The van der Waals surface area contributed by atoms with Gasteiger partial charge in [0.25, 0.3) is 5.91 Å². The highest BCUT2D eigenvalue weighted by molar-refractivity contribution is 9.10. The van der Waals surface area contributed by atoms with Crippen LogP contribution in [-0.2, 0) is 22.4 Å². The molecule has 2 atom stereocenters. The van der Waals surface area contributed by atoms with E-state index in [-0.39, 0.29) is 18.9 Å². The van der Waals surface area contributed by atoms with Crippen LogP contribution in [0.4, 0.5) is 5.69 Å². The molecule has 5 rings (SSSR count). The quantitative estimate of drug-likeness (QED) is 0.0423. The Balaban J connectivity index is 1.53. The summed E-state index contributed by atoms with van der Waals surface area (Å²) in [5.41, 5.74) is 17.1. The fourth-order valence-electron chi connectivity index (χ4n) is 5.40. The molecule has 0 saturated carbocycles. The number of methoxy groups -OCH3 is 1. The van der Waals surface area contributed by atoms with Crippen molar-refractivity contribution < 1.29 is 24.1 Å². The van der Waals surface area contributed by atoms with Gasteiger partial charge in [-0.3, -0.25) is 10.2 Å². The third-order valence-electron chi connectivity index (χ3n) is 7.73. The lowest BCUT2D eigenvalue weighted by molar-refractivity contribution is -0.130. The van der Waals surface area contributed by atoms with Crippen molar-refractivity contribution in [1.29, 1.82) is 0 Å². The summed E-state index contributed by atoms with van der Waals surface area (Å²) in [6.45, 7) is 0.843. The smallest absolute Gasteiger partial charge is 0.266 e. The highest BCUT2D eigenvalue weighted by Crippen LogP contribution is 2.46. The van der Waals surface area contributed by atoms with Gasteiger partial charge in [0.15, 0.2) is 11.6 Å². The number of para-hydroxylation sites is 1. The summed E-state index contributed by atoms with van der Waals surface area (Å²) < 4.78 is 18.6. The van der Waals surface area contributed by atoms with Gasteiger partial charge in [0.1, 0.15) is 11.5 Å². The van der Waals surface area contributed by atoms with Gasteiger partial charge < -0.3 is 19.3 Å². The Morgan fingerprint density at radius 1 is 1.04 bits per heavy atom. The highest BCUT2D eigenvalue weighted by Gasteiger charge is 2.54. The molecule has 0 aliphatic carbocycles. The summed E-state index contributed by atoms with van der Waals surface area (Å²) in [6, 6.07) is 29.6. The molecule has 0 bridgehead atoms. The minimum absolute atomic E-state index is 0.0401. The second-order valence-electron chi connectivity index (χ2n) is 10.7. The largest absolute Gasteiger partial charge is 0.496 e. The molecule has 0 spiro atoms. The maximum Gasteiger partial charge on any atom is 0.266 e. The summed E-state index contributed by atoms with van der Waals surface area (Å²) in [5.74, 6) is 1.23. The molecule has 3 N–H and O–H groups in total. The van der Waals surface area contributed by atoms with Gasteiger partial charge >= 0.3 is 0 Å². The molecular weight excluding hydrogens is 664 g/mol. The molecule has 0 fully saturated rings. The molecule has 242 valence electrons. The Morgan fingerprint density at radius 2 is 1.77 bits per heavy atom. The molecule has 0 radical (unpaired) electrons. The van der Waals surface area contributed by atoms with Gasteiger partial charge in [-0.25, -0.2) is 10.4 Å². The number of aliphatic hydroxyl groups is 1. The van der Waals surface area contributed by atoms with Crippen LogP contribution >= 0.6 is 15.9 Å². The maximum atomic E-state index is 14.5. The molecule has 0 unspecified atom stereocenters. The van der Waals surface area contributed by atoms with E-state index in [1.165, 1.54) is 0 Å². The summed E-state index contributed by atoms with van der Waals surface area (Å²) in [5, 5.41) is 13.0. The lowest BCUT2D eigenvalue weighted by atomic mass is 9.81. The Labute approximate surface area is 281 Å². The number of aliphatic hydroxyl groups excluding tert-OH is 1. The normalized spacial score (nSPS) is 16.8. The van der Waals surface area contributed by atoms with Gasteiger partial charge in [0.2, 0.25) is 5.90 Å². The first-order valence-electron chi connectivity index (χ1n) is 15.1. The lowest BCUT2D eigenvalue weighted by Gasteiger charge is -2.31. The Hall–Kier alpha value is -4.87. The molecule has 47 heavy (non-hydrogen) atoms. The number of hydrogen-bond donors (Lipinski definition) is 3. The SMILES string of the molecule is COc1ccccc1CCNNC(=O)[C@@]1(Cc2ccccc2Br)N=C(c2ccc(OCCCO)cc2)O[C@H]1c1ccccc1N=[N+]=[N-]. The number of rotatable bonds is 15. The molecule has 4 aromatic rings. The second-order valence-corrected chi connectivity index (χ2v) is 11.6. The molecule has 1 aliphatic heterocycles. The zero-order valence-corrected chi connectivity index (χ0v) is 27.4. The molecule has 1 heterocycles. The fourth-order valence-corrected chi connectivity index (χ4v) is 5.82. The van der Waals surface area contributed by atoms with Crippen LogP contribution < -0.4 is 20.3 Å². The van der Waals surface area contributed by atoms with Crippen molar-refractivity contribution in [1.82, 2.24) is 10.9 Å². The van der Waals surface area contributed by atoms with Crippen LogP contribution in [0, 0.1) is 0 Å². The summed E-state index contributed by atoms with van der Waals surface area (Å²) >= 11 is 3.64. The third kappa shape index (κ3) is 7.93. The number of hydrazine groups is 1. The van der Waals surface area contributed by atoms with E-state index in [4.69, 9.17) is 24.3 Å². The van der Waals surface area contributed by atoms with E-state index in [1.54, 1.807) is 55.6 Å². The van der Waals surface area contributed by atoms with Crippen LogP contribution in [0.15, 0.2) is 112 Å². The third-order valence-corrected chi connectivity index (χ3v) is 8.51. The molecule has 0 aromatic heterocycles. The zero-order chi connectivity index (χ0) is 33.1. The molecule has 12 heteroatoms. The van der Waals surface area contributed by atoms with Crippen LogP contribution in [0.1, 0.15) is 34.8 Å². The standard InChI is InChI=1S/C35H35BrN6O5/c1-45-31-14-7-3-9-24(31)19-20-38-41-34(44)35(23-26-10-2-5-12-29(26)36)32(28-11-4-6-13-30(28)40-42-37)47-33(39-35)25-15-17-27(18-16-25)46-22-8-21-43/h2-7,9-18,32,38,43H,8,19-23H2,1H3,(H,41,44)/t32-,35-/m0/s1. The number of hydrogen-bond acceptors (Lipinski definition) is 8. The lowest BCUT2D eigenvalue weighted by Crippen LogP contribution is -2.54. The fraction of sp³-hybridized carbons (Fsp3) is 0.257. The number of ether oxygens (including phenoxy) is 3. The number of nitrogens with zero attached hydrogens (tertiary/aromatic N) is 4. The van der Waals surface area contributed by atoms with Crippen molar-refractivity contribution in [3.05, 3.63) is 134 Å². The highest BCUT2D eigenvalue weighted by atomic mass is 79.9. The van der Waals surface area contributed by atoms with Crippen molar-refractivity contribution in [3.63, 3.8) is 0 Å². The van der Waals surface area contributed by atoms with Crippen LogP contribution in [-0.4, -0.2) is 49.3 Å². The van der Waals surface area contributed by atoms with Crippen LogP contribution in [0.25, 0.3) is 10.4 Å². The first-order chi connectivity index (χ1) is 23.0. The van der Waals surface area contributed by atoms with Crippen molar-refractivity contribution in [3.8, 4) is 11.5 Å². The van der Waals surface area contributed by atoms with Crippen molar-refractivity contribution in [2.75, 3.05) is 26.9 Å². The minimum Gasteiger partial charge on any atom is -0.496 e. The monoisotopic (exact) mass is 698 g/mol. The molecule has 0 saturated heterocycles. The number of benzene rings is 4. The van der Waals surface area contributed by atoms with E-state index >= 15 is 0 Å². The predicted octanol–water partition coefficient (Wildman–Crippen LogP) is 6.52. The van der Waals surface area contributed by atoms with Crippen molar-refractivity contribution in [2.45, 2.75) is 30.9 Å². The van der Waals surface area contributed by atoms with E-state index in [9.17, 15) is 10.3 Å². The minimum atomic E-state index is -1.52. The van der Waals surface area contributed by atoms with Gasteiger partial charge in [-0.05, 0) is 59.5 Å². The van der Waals surface area contributed by atoms with Gasteiger partial charge in [0.05, 0.1) is 13.7 Å². The zero-order valence-electron chi connectivity index (χ0n) is 25.8. The Bertz CT molecular complexity index is 1760. The van der Waals surface area contributed by atoms with Gasteiger partial charge in [-0.1, -0.05) is 81.7 Å². The second kappa shape index (κ2) is 16.1. The number of amides is 1. The Morgan fingerprint density at radius 3 is 2.51 bits per heavy atom. The van der Waals surface area contributed by atoms with Crippen molar-refractivity contribution in [2.24, 2.45) is 10.1 Å². The number of azide groups is 1. The van der Waals surface area contributed by atoms with Gasteiger partial charge in [-0.2, -0.15) is 0 Å². The topological polar surface area (TPSA) is 150 Å². The average Bonchev–Trinajstić information content (AvgIpc) is 3.49. The first-order valence-corrected chi connectivity index (χ1v) is 15.9. The van der Waals surface area contributed by atoms with E-state index in [0.29, 0.717) is 48.6 Å². The van der Waals surface area contributed by atoms with E-state index in [1.807, 2.05) is 48.5 Å². The van der Waals surface area contributed by atoms with Gasteiger partial charge in [-0.15, -0.1) is 0 Å². The van der Waals surface area contributed by atoms with Crippen LogP contribution in [0.2, 0.25) is 0 Å². The molecule has 11 nitrogen and oxygen atoms in total. The van der Waals surface area contributed by atoms with Crippen LogP contribution in [0.3, 0.4) is 0 Å². The van der Waals surface area contributed by atoms with Crippen molar-refractivity contribution >= 4 is 33.4 Å². The van der Waals surface area contributed by atoms with E-state index in [0.717, 1.165) is 21.3 Å². The first kappa shape index (κ1) is 33.5. The predicted molar refractivity (Wildman–Crippen MR) is 183 cm³/mol. The Kier molecular flexibility index (Phi) is 11.5.